The van der Waals surface area contributed by atoms with Crippen LogP contribution in [0.3, 0.4) is 0 Å². The maximum absolute atomic E-state index is 12.2. The number of amides is 1. The SMILES string of the molecule is CCOC(=O)N[C@@H]1CS(=O)(=O)C[C@@H]1NC(c1ccccc1)c1ccccc1. The summed E-state index contributed by atoms with van der Waals surface area (Å²) in [5, 5.41) is 6.14. The van der Waals surface area contributed by atoms with E-state index in [1.807, 2.05) is 60.7 Å². The van der Waals surface area contributed by atoms with Gasteiger partial charge in [0.1, 0.15) is 0 Å². The van der Waals surface area contributed by atoms with Crippen molar-refractivity contribution in [1.82, 2.24) is 10.6 Å². The van der Waals surface area contributed by atoms with Gasteiger partial charge in [-0.25, -0.2) is 13.2 Å². The number of sulfone groups is 1. The maximum Gasteiger partial charge on any atom is 0.407 e. The Bertz CT molecular complexity index is 817. The Morgan fingerprint density at radius 1 is 1.00 bits per heavy atom. The Labute approximate surface area is 159 Å². The molecule has 0 aromatic heterocycles. The molecule has 27 heavy (non-hydrogen) atoms. The quantitative estimate of drug-likeness (QED) is 0.793. The van der Waals surface area contributed by atoms with E-state index in [0.717, 1.165) is 11.1 Å². The fourth-order valence-electron chi connectivity index (χ4n) is 3.37. The molecule has 0 spiro atoms. The third kappa shape index (κ3) is 5.08. The third-order valence-corrected chi connectivity index (χ3v) is 6.31. The first-order valence-corrected chi connectivity index (χ1v) is 10.8. The Hall–Kier alpha value is -2.38. The van der Waals surface area contributed by atoms with Gasteiger partial charge in [0, 0.05) is 6.04 Å². The van der Waals surface area contributed by atoms with Crippen LogP contribution in [0.15, 0.2) is 60.7 Å². The number of carbonyl (C=O) groups excluding carboxylic acids is 1. The molecule has 3 rings (SSSR count). The zero-order valence-corrected chi connectivity index (χ0v) is 16.0. The van der Waals surface area contributed by atoms with E-state index in [4.69, 9.17) is 4.74 Å². The summed E-state index contributed by atoms with van der Waals surface area (Å²) in [5.74, 6) is -0.125. The highest BCUT2D eigenvalue weighted by Crippen LogP contribution is 2.25. The van der Waals surface area contributed by atoms with Crippen molar-refractivity contribution in [2.45, 2.75) is 25.0 Å². The second kappa shape index (κ2) is 8.54. The molecule has 0 radical (unpaired) electrons. The van der Waals surface area contributed by atoms with E-state index in [9.17, 15) is 13.2 Å². The molecular weight excluding hydrogens is 364 g/mol. The smallest absolute Gasteiger partial charge is 0.407 e. The summed E-state index contributed by atoms with van der Waals surface area (Å²) in [5.41, 5.74) is 2.06. The number of nitrogens with one attached hydrogen (secondary N) is 2. The molecule has 1 aliphatic heterocycles. The molecule has 2 atom stereocenters. The van der Waals surface area contributed by atoms with Crippen LogP contribution in [0.1, 0.15) is 24.1 Å². The van der Waals surface area contributed by atoms with Gasteiger partial charge in [0.05, 0.1) is 30.2 Å². The number of rotatable bonds is 6. The minimum absolute atomic E-state index is 0.0275. The molecule has 2 aromatic carbocycles. The molecule has 0 aliphatic carbocycles. The predicted octanol–water partition coefficient (Wildman–Crippen LogP) is 2.28. The number of hydrogen-bond donors (Lipinski definition) is 2. The van der Waals surface area contributed by atoms with Gasteiger partial charge in [0.25, 0.3) is 0 Å². The number of hydrogen-bond acceptors (Lipinski definition) is 5. The number of ether oxygens (including phenoxy) is 1. The van der Waals surface area contributed by atoms with Crippen LogP contribution in [0.5, 0.6) is 0 Å². The molecule has 0 unspecified atom stereocenters. The van der Waals surface area contributed by atoms with E-state index in [2.05, 4.69) is 10.6 Å². The predicted molar refractivity (Wildman–Crippen MR) is 104 cm³/mol. The fourth-order valence-corrected chi connectivity index (χ4v) is 5.24. The summed E-state index contributed by atoms with van der Waals surface area (Å²) in [7, 11) is -3.25. The van der Waals surface area contributed by atoms with Crippen molar-refractivity contribution in [3.63, 3.8) is 0 Å². The Kier molecular flexibility index (Phi) is 6.13. The van der Waals surface area contributed by atoms with Crippen LogP contribution in [-0.4, -0.2) is 44.7 Å². The monoisotopic (exact) mass is 388 g/mol. The van der Waals surface area contributed by atoms with Gasteiger partial charge in [-0.1, -0.05) is 60.7 Å². The van der Waals surface area contributed by atoms with Gasteiger partial charge >= 0.3 is 6.09 Å². The summed E-state index contributed by atoms with van der Waals surface area (Å²) in [6.45, 7) is 1.95. The van der Waals surface area contributed by atoms with E-state index < -0.39 is 28.0 Å². The van der Waals surface area contributed by atoms with Gasteiger partial charge in [0.15, 0.2) is 9.84 Å². The Morgan fingerprint density at radius 2 is 1.52 bits per heavy atom. The van der Waals surface area contributed by atoms with Crippen LogP contribution in [0, 0.1) is 0 Å². The molecule has 1 aliphatic rings. The zero-order valence-electron chi connectivity index (χ0n) is 15.2. The molecule has 2 N–H and O–H groups in total. The topological polar surface area (TPSA) is 84.5 Å². The molecule has 144 valence electrons. The molecule has 1 saturated heterocycles. The van der Waals surface area contributed by atoms with Gasteiger partial charge in [-0.15, -0.1) is 0 Å². The van der Waals surface area contributed by atoms with Crippen LogP contribution in [-0.2, 0) is 14.6 Å². The van der Waals surface area contributed by atoms with Crippen LogP contribution >= 0.6 is 0 Å². The van der Waals surface area contributed by atoms with Crippen molar-refractivity contribution in [2.75, 3.05) is 18.1 Å². The molecule has 1 heterocycles. The van der Waals surface area contributed by atoms with Crippen molar-refractivity contribution < 1.29 is 17.9 Å². The lowest BCUT2D eigenvalue weighted by Gasteiger charge is -2.27. The highest BCUT2D eigenvalue weighted by Gasteiger charge is 2.40. The van der Waals surface area contributed by atoms with Gasteiger partial charge in [-0.2, -0.15) is 0 Å². The lowest BCUT2D eigenvalue weighted by atomic mass is 9.97. The summed E-state index contributed by atoms with van der Waals surface area (Å²) in [6.07, 6.45) is -0.595. The van der Waals surface area contributed by atoms with Gasteiger partial charge in [-0.3, -0.25) is 0 Å². The summed E-state index contributed by atoms with van der Waals surface area (Å²) >= 11 is 0. The molecule has 0 bridgehead atoms. The van der Waals surface area contributed by atoms with E-state index in [0.29, 0.717) is 0 Å². The lowest BCUT2D eigenvalue weighted by molar-refractivity contribution is 0.147. The molecule has 1 amide bonds. The second-order valence-electron chi connectivity index (χ2n) is 6.58. The largest absolute Gasteiger partial charge is 0.450 e. The molecular formula is C20H24N2O4S. The van der Waals surface area contributed by atoms with Crippen LogP contribution < -0.4 is 10.6 Å². The fraction of sp³-hybridized carbons (Fsp3) is 0.350. The van der Waals surface area contributed by atoms with Gasteiger partial charge in [0.2, 0.25) is 0 Å². The molecule has 6 nitrogen and oxygen atoms in total. The first-order chi connectivity index (χ1) is 13.0. The summed E-state index contributed by atoms with van der Waals surface area (Å²) in [4.78, 5) is 11.8. The summed E-state index contributed by atoms with van der Waals surface area (Å²) < 4.78 is 29.3. The van der Waals surface area contributed by atoms with E-state index >= 15 is 0 Å². The number of carbonyl (C=O) groups is 1. The third-order valence-electron chi connectivity index (χ3n) is 4.58. The maximum atomic E-state index is 12.2. The van der Waals surface area contributed by atoms with Gasteiger partial charge < -0.3 is 15.4 Å². The van der Waals surface area contributed by atoms with E-state index in [-0.39, 0.29) is 24.2 Å². The highest BCUT2D eigenvalue weighted by atomic mass is 32.2. The van der Waals surface area contributed by atoms with Crippen molar-refractivity contribution in [2.24, 2.45) is 0 Å². The number of benzene rings is 2. The van der Waals surface area contributed by atoms with Crippen LogP contribution in [0.25, 0.3) is 0 Å². The zero-order chi connectivity index (χ0) is 19.3. The lowest BCUT2D eigenvalue weighted by Crippen LogP contribution is -2.50. The first kappa shape index (κ1) is 19.4. The van der Waals surface area contributed by atoms with Crippen molar-refractivity contribution in [3.05, 3.63) is 71.8 Å². The van der Waals surface area contributed by atoms with E-state index in [1.54, 1.807) is 6.92 Å². The molecule has 0 saturated carbocycles. The minimum Gasteiger partial charge on any atom is -0.450 e. The minimum atomic E-state index is -3.25. The van der Waals surface area contributed by atoms with Crippen LogP contribution in [0.2, 0.25) is 0 Å². The molecule has 7 heteroatoms. The highest BCUT2D eigenvalue weighted by molar-refractivity contribution is 7.91. The molecule has 1 fully saturated rings. The normalized spacial score (nSPS) is 21.1. The van der Waals surface area contributed by atoms with E-state index in [1.165, 1.54) is 0 Å². The van der Waals surface area contributed by atoms with Gasteiger partial charge in [-0.05, 0) is 18.1 Å². The average molecular weight is 388 g/mol. The summed E-state index contributed by atoms with van der Waals surface area (Å²) in [6, 6.07) is 18.6. The number of alkyl carbamates (subject to hydrolysis) is 1. The van der Waals surface area contributed by atoms with Crippen molar-refractivity contribution in [1.29, 1.82) is 0 Å². The average Bonchev–Trinajstić information content (AvgIpc) is 2.94. The van der Waals surface area contributed by atoms with Crippen LogP contribution in [0.4, 0.5) is 4.79 Å². The second-order valence-corrected chi connectivity index (χ2v) is 8.73. The Morgan fingerprint density at radius 3 is 2.04 bits per heavy atom. The van der Waals surface area contributed by atoms with Crippen molar-refractivity contribution >= 4 is 15.9 Å². The molecule has 2 aromatic rings. The standard InChI is InChI=1S/C20H24N2O4S/c1-2-26-20(23)22-18-14-27(24,25)13-17(18)21-19(15-9-5-3-6-10-15)16-11-7-4-8-12-16/h3-12,17-19,21H,2,13-14H2,1H3,(H,22,23)/t17-,18+/m0/s1. The van der Waals surface area contributed by atoms with Crippen molar-refractivity contribution in [3.8, 4) is 0 Å². The Balaban J connectivity index is 1.86. The first-order valence-electron chi connectivity index (χ1n) is 8.98.